The number of unbranched alkanes of at least 4 members (excludes halogenated alkanes) is 1. The van der Waals surface area contributed by atoms with Gasteiger partial charge < -0.3 is 14.5 Å². The standard InChI is InChI=1S/C20H29N3O3/c1-3-5-12-23-17-10-13-22(14-15(17)8-9-18(23)24)20(25)16-7-6-11-21-19(16)26-4-2/h6-7,11,15,17H,3-5,8-10,12-14H2,1-2H3/t15-,17+/m0/s1. The first-order valence-electron chi connectivity index (χ1n) is 9.82. The molecular formula is C20H29N3O3. The molecule has 2 amide bonds. The summed E-state index contributed by atoms with van der Waals surface area (Å²) in [5.41, 5.74) is 0.530. The van der Waals surface area contributed by atoms with Crippen LogP contribution in [0.15, 0.2) is 18.3 Å². The first kappa shape index (κ1) is 18.7. The van der Waals surface area contributed by atoms with Crippen molar-refractivity contribution >= 4 is 11.8 Å². The number of carbonyl (C=O) groups excluding carboxylic acids is 2. The van der Waals surface area contributed by atoms with Gasteiger partial charge in [-0.3, -0.25) is 9.59 Å². The number of ether oxygens (including phenoxy) is 1. The number of rotatable bonds is 6. The van der Waals surface area contributed by atoms with Crippen molar-refractivity contribution in [1.82, 2.24) is 14.8 Å². The molecule has 2 aliphatic rings. The van der Waals surface area contributed by atoms with Crippen LogP contribution in [0.25, 0.3) is 0 Å². The van der Waals surface area contributed by atoms with Crippen LogP contribution in [0.5, 0.6) is 5.88 Å². The van der Waals surface area contributed by atoms with Gasteiger partial charge in [-0.05, 0) is 44.2 Å². The van der Waals surface area contributed by atoms with Crippen molar-refractivity contribution in [2.24, 2.45) is 5.92 Å². The van der Waals surface area contributed by atoms with E-state index >= 15 is 0 Å². The second kappa shape index (κ2) is 8.52. The molecular weight excluding hydrogens is 330 g/mol. The molecule has 0 unspecified atom stereocenters. The van der Waals surface area contributed by atoms with E-state index in [1.807, 2.05) is 11.8 Å². The normalized spacial score (nSPS) is 22.9. The van der Waals surface area contributed by atoms with Crippen LogP contribution in [-0.4, -0.2) is 58.9 Å². The third-order valence-electron chi connectivity index (χ3n) is 5.47. The average molecular weight is 359 g/mol. The molecule has 26 heavy (non-hydrogen) atoms. The van der Waals surface area contributed by atoms with E-state index < -0.39 is 0 Å². The number of fused-ring (bicyclic) bond motifs is 1. The van der Waals surface area contributed by atoms with Crippen LogP contribution >= 0.6 is 0 Å². The minimum atomic E-state index is -0.0167. The number of nitrogens with zero attached hydrogens (tertiary/aromatic N) is 3. The number of likely N-dealkylation sites (tertiary alicyclic amines) is 2. The van der Waals surface area contributed by atoms with Crippen LogP contribution in [0.2, 0.25) is 0 Å². The highest BCUT2D eigenvalue weighted by Gasteiger charge is 2.40. The Kier molecular flexibility index (Phi) is 6.12. The largest absolute Gasteiger partial charge is 0.477 e. The Bertz CT molecular complexity index is 649. The quantitative estimate of drug-likeness (QED) is 0.783. The maximum absolute atomic E-state index is 13.0. The van der Waals surface area contributed by atoms with Crippen molar-refractivity contribution in [3.8, 4) is 5.88 Å². The van der Waals surface area contributed by atoms with E-state index in [2.05, 4.69) is 16.8 Å². The van der Waals surface area contributed by atoms with Gasteiger partial charge in [-0.1, -0.05) is 13.3 Å². The number of piperidine rings is 2. The highest BCUT2D eigenvalue weighted by atomic mass is 16.5. The molecule has 2 saturated heterocycles. The zero-order valence-corrected chi connectivity index (χ0v) is 15.8. The summed E-state index contributed by atoms with van der Waals surface area (Å²) in [6.45, 7) is 6.75. The molecule has 0 aromatic carbocycles. The summed E-state index contributed by atoms with van der Waals surface area (Å²) < 4.78 is 5.52. The van der Waals surface area contributed by atoms with Crippen LogP contribution in [-0.2, 0) is 4.79 Å². The highest BCUT2D eigenvalue weighted by Crippen LogP contribution is 2.32. The van der Waals surface area contributed by atoms with Crippen molar-refractivity contribution in [3.63, 3.8) is 0 Å². The van der Waals surface area contributed by atoms with Gasteiger partial charge in [-0.15, -0.1) is 0 Å². The summed E-state index contributed by atoms with van der Waals surface area (Å²) in [6.07, 6.45) is 6.12. The number of pyridine rings is 1. The fourth-order valence-electron chi connectivity index (χ4n) is 4.13. The third-order valence-corrected chi connectivity index (χ3v) is 5.47. The second-order valence-corrected chi connectivity index (χ2v) is 7.14. The van der Waals surface area contributed by atoms with Gasteiger partial charge in [0.2, 0.25) is 11.8 Å². The average Bonchev–Trinajstić information content (AvgIpc) is 2.67. The smallest absolute Gasteiger partial charge is 0.259 e. The van der Waals surface area contributed by atoms with Crippen molar-refractivity contribution in [2.45, 2.75) is 52.0 Å². The number of amides is 2. The van der Waals surface area contributed by atoms with Crippen molar-refractivity contribution in [3.05, 3.63) is 23.9 Å². The molecule has 6 nitrogen and oxygen atoms in total. The highest BCUT2D eigenvalue weighted by molar-refractivity contribution is 5.96. The van der Waals surface area contributed by atoms with Crippen molar-refractivity contribution in [2.75, 3.05) is 26.2 Å². The molecule has 0 bridgehead atoms. The van der Waals surface area contributed by atoms with Gasteiger partial charge in [0.1, 0.15) is 5.56 Å². The molecule has 1 aromatic rings. The maximum Gasteiger partial charge on any atom is 0.259 e. The van der Waals surface area contributed by atoms with Gasteiger partial charge >= 0.3 is 0 Å². The van der Waals surface area contributed by atoms with E-state index in [0.29, 0.717) is 43.5 Å². The monoisotopic (exact) mass is 359 g/mol. The minimum absolute atomic E-state index is 0.0167. The zero-order chi connectivity index (χ0) is 18.5. The Morgan fingerprint density at radius 3 is 2.96 bits per heavy atom. The molecule has 3 heterocycles. The van der Waals surface area contributed by atoms with Crippen LogP contribution < -0.4 is 4.74 Å². The zero-order valence-electron chi connectivity index (χ0n) is 15.8. The molecule has 142 valence electrons. The summed E-state index contributed by atoms with van der Waals surface area (Å²) in [5, 5.41) is 0. The van der Waals surface area contributed by atoms with Crippen LogP contribution in [0.1, 0.15) is 56.3 Å². The second-order valence-electron chi connectivity index (χ2n) is 7.14. The van der Waals surface area contributed by atoms with Crippen LogP contribution in [0.3, 0.4) is 0 Å². The van der Waals surface area contributed by atoms with E-state index in [1.165, 1.54) is 0 Å². The van der Waals surface area contributed by atoms with Crippen LogP contribution in [0, 0.1) is 5.92 Å². The summed E-state index contributed by atoms with van der Waals surface area (Å²) >= 11 is 0. The fraction of sp³-hybridized carbons (Fsp3) is 0.650. The molecule has 2 atom stereocenters. The molecule has 0 N–H and O–H groups in total. The summed E-state index contributed by atoms with van der Waals surface area (Å²) in [6, 6.07) is 3.84. The topological polar surface area (TPSA) is 62.7 Å². The predicted molar refractivity (Wildman–Crippen MR) is 99.1 cm³/mol. The Morgan fingerprint density at radius 2 is 2.19 bits per heavy atom. The predicted octanol–water partition coefficient (Wildman–Crippen LogP) is 2.73. The Balaban J connectivity index is 1.70. The van der Waals surface area contributed by atoms with E-state index in [0.717, 1.165) is 32.2 Å². The van der Waals surface area contributed by atoms with Gasteiger partial charge in [0.05, 0.1) is 6.61 Å². The lowest BCUT2D eigenvalue weighted by Gasteiger charge is -2.47. The van der Waals surface area contributed by atoms with Gasteiger partial charge in [0.25, 0.3) is 5.91 Å². The Labute approximate surface area is 155 Å². The lowest BCUT2D eigenvalue weighted by atomic mass is 9.83. The molecule has 6 heteroatoms. The lowest BCUT2D eigenvalue weighted by molar-refractivity contribution is -0.140. The van der Waals surface area contributed by atoms with E-state index in [1.54, 1.807) is 18.3 Å². The van der Waals surface area contributed by atoms with Gasteiger partial charge in [-0.25, -0.2) is 4.98 Å². The van der Waals surface area contributed by atoms with E-state index in [9.17, 15) is 9.59 Å². The molecule has 1 aromatic heterocycles. The van der Waals surface area contributed by atoms with Crippen molar-refractivity contribution in [1.29, 1.82) is 0 Å². The minimum Gasteiger partial charge on any atom is -0.477 e. The number of hydrogen-bond donors (Lipinski definition) is 0. The fourth-order valence-corrected chi connectivity index (χ4v) is 4.13. The maximum atomic E-state index is 13.0. The number of aromatic nitrogens is 1. The van der Waals surface area contributed by atoms with E-state index in [4.69, 9.17) is 4.74 Å². The van der Waals surface area contributed by atoms with Gasteiger partial charge in [0, 0.05) is 38.3 Å². The SMILES string of the molecule is CCCCN1C(=O)CC[C@H]2CN(C(=O)c3cccnc3OCC)CC[C@H]21. The number of carbonyl (C=O) groups is 2. The number of hydrogen-bond acceptors (Lipinski definition) is 4. The molecule has 0 saturated carbocycles. The first-order valence-corrected chi connectivity index (χ1v) is 9.82. The molecule has 0 radical (unpaired) electrons. The summed E-state index contributed by atoms with van der Waals surface area (Å²) in [5.74, 6) is 1.04. The summed E-state index contributed by atoms with van der Waals surface area (Å²) in [7, 11) is 0. The van der Waals surface area contributed by atoms with Gasteiger partial charge in [-0.2, -0.15) is 0 Å². The molecule has 0 aliphatic carbocycles. The molecule has 2 fully saturated rings. The van der Waals surface area contributed by atoms with E-state index in [-0.39, 0.29) is 17.9 Å². The Hall–Kier alpha value is -2.11. The van der Waals surface area contributed by atoms with Gasteiger partial charge in [0.15, 0.2) is 0 Å². The molecule has 0 spiro atoms. The van der Waals surface area contributed by atoms with Crippen molar-refractivity contribution < 1.29 is 14.3 Å². The third kappa shape index (κ3) is 3.84. The Morgan fingerprint density at radius 1 is 1.35 bits per heavy atom. The van der Waals surface area contributed by atoms with Crippen LogP contribution in [0.4, 0.5) is 0 Å². The molecule has 2 aliphatic heterocycles. The summed E-state index contributed by atoms with van der Waals surface area (Å²) in [4.78, 5) is 33.5. The molecule has 3 rings (SSSR count). The lowest BCUT2D eigenvalue weighted by Crippen LogP contribution is -2.57. The first-order chi connectivity index (χ1) is 12.7.